The molecule has 4 aliphatic carbocycles. The van der Waals surface area contributed by atoms with Crippen molar-refractivity contribution in [1.29, 1.82) is 0 Å². The Morgan fingerprint density at radius 3 is 2.41 bits per heavy atom. The summed E-state index contributed by atoms with van der Waals surface area (Å²) < 4.78 is 0. The first-order chi connectivity index (χ1) is 13.7. The minimum atomic E-state index is -0.295. The van der Waals surface area contributed by atoms with Crippen molar-refractivity contribution >= 4 is 0 Å². The van der Waals surface area contributed by atoms with Crippen LogP contribution in [0.1, 0.15) is 86.0 Å². The number of rotatable bonds is 4. The van der Waals surface area contributed by atoms with E-state index in [0.29, 0.717) is 29.6 Å². The van der Waals surface area contributed by atoms with Gasteiger partial charge in [0.1, 0.15) is 0 Å². The van der Waals surface area contributed by atoms with E-state index in [1.54, 1.807) is 0 Å². The van der Waals surface area contributed by atoms with Crippen LogP contribution < -0.4 is 0 Å². The van der Waals surface area contributed by atoms with Crippen LogP contribution in [-0.4, -0.2) is 34.1 Å². The first-order valence-corrected chi connectivity index (χ1v) is 12.7. The summed E-state index contributed by atoms with van der Waals surface area (Å²) in [5, 5.41) is 32.9. The van der Waals surface area contributed by atoms with Crippen molar-refractivity contribution in [3.8, 4) is 0 Å². The zero-order valence-electron chi connectivity index (χ0n) is 19.5. The SMILES string of the molecule is CC[C@H]1[C@@H](O)C2C3CC[C@H]([C@H](C)CCO)[C@@]3(C)C[C@H](O)C2[C@@]2(C)CC[C@@H](C)C[C@@H]12. The quantitative estimate of drug-likeness (QED) is 0.624. The highest BCUT2D eigenvalue weighted by molar-refractivity contribution is 5.15. The minimum Gasteiger partial charge on any atom is -0.396 e. The van der Waals surface area contributed by atoms with Gasteiger partial charge >= 0.3 is 0 Å². The molecule has 3 N–H and O–H groups in total. The number of hydrogen-bond acceptors (Lipinski definition) is 3. The fraction of sp³-hybridized carbons (Fsp3) is 1.00. The van der Waals surface area contributed by atoms with E-state index in [-0.39, 0.29) is 41.5 Å². The molecule has 0 aromatic carbocycles. The fourth-order valence-electron chi connectivity index (χ4n) is 9.67. The summed E-state index contributed by atoms with van der Waals surface area (Å²) in [6, 6.07) is 0. The van der Waals surface area contributed by atoms with Gasteiger partial charge in [-0.25, -0.2) is 0 Å². The van der Waals surface area contributed by atoms with E-state index in [4.69, 9.17) is 0 Å². The highest BCUT2D eigenvalue weighted by Gasteiger charge is 2.67. The van der Waals surface area contributed by atoms with Crippen LogP contribution in [-0.2, 0) is 0 Å². The van der Waals surface area contributed by atoms with E-state index < -0.39 is 0 Å². The molecule has 0 heterocycles. The largest absolute Gasteiger partial charge is 0.396 e. The molecule has 0 amide bonds. The molecule has 0 aliphatic heterocycles. The van der Waals surface area contributed by atoms with Crippen LogP contribution in [0.25, 0.3) is 0 Å². The average Bonchev–Trinajstić information content (AvgIpc) is 3.00. The Morgan fingerprint density at radius 1 is 1.03 bits per heavy atom. The Labute approximate surface area is 178 Å². The minimum absolute atomic E-state index is 0.0968. The van der Waals surface area contributed by atoms with Gasteiger partial charge in [0.25, 0.3) is 0 Å². The molecular weight excluding hydrogens is 360 g/mol. The molecule has 0 radical (unpaired) electrons. The predicted octanol–water partition coefficient (Wildman–Crippen LogP) is 4.88. The smallest absolute Gasteiger partial charge is 0.0605 e. The first kappa shape index (κ1) is 22.1. The topological polar surface area (TPSA) is 60.7 Å². The van der Waals surface area contributed by atoms with E-state index in [9.17, 15) is 15.3 Å². The second-order valence-corrected chi connectivity index (χ2v) is 12.2. The summed E-state index contributed by atoms with van der Waals surface area (Å²) in [5.41, 5.74) is 0.270. The van der Waals surface area contributed by atoms with Crippen molar-refractivity contribution in [1.82, 2.24) is 0 Å². The van der Waals surface area contributed by atoms with Crippen LogP contribution in [0, 0.1) is 58.2 Å². The summed E-state index contributed by atoms with van der Waals surface area (Å²) >= 11 is 0. The van der Waals surface area contributed by atoms with E-state index in [1.807, 2.05) is 0 Å². The number of aliphatic hydroxyl groups is 3. The lowest BCUT2D eigenvalue weighted by Gasteiger charge is -2.66. The second-order valence-electron chi connectivity index (χ2n) is 12.2. The Kier molecular flexibility index (Phi) is 5.93. The third-order valence-corrected chi connectivity index (χ3v) is 11.0. The number of hydrogen-bond donors (Lipinski definition) is 3. The molecule has 12 atom stereocenters. The molecule has 3 heteroatoms. The Bertz CT molecular complexity index is 593. The van der Waals surface area contributed by atoms with Crippen molar-refractivity contribution in [2.45, 2.75) is 98.2 Å². The van der Waals surface area contributed by atoms with E-state index in [1.165, 1.54) is 32.1 Å². The van der Waals surface area contributed by atoms with E-state index in [0.717, 1.165) is 25.2 Å². The molecule has 4 rings (SSSR count). The van der Waals surface area contributed by atoms with Gasteiger partial charge in [0.15, 0.2) is 0 Å². The van der Waals surface area contributed by atoms with Crippen molar-refractivity contribution in [3.63, 3.8) is 0 Å². The van der Waals surface area contributed by atoms with E-state index >= 15 is 0 Å². The molecule has 4 fully saturated rings. The van der Waals surface area contributed by atoms with Gasteiger partial charge in [-0.1, -0.05) is 47.5 Å². The average molecular weight is 407 g/mol. The lowest BCUT2D eigenvalue weighted by molar-refractivity contribution is -0.232. The van der Waals surface area contributed by atoms with Gasteiger partial charge in [0.05, 0.1) is 12.2 Å². The molecule has 168 valence electrons. The van der Waals surface area contributed by atoms with Gasteiger partial charge in [-0.2, -0.15) is 0 Å². The third-order valence-electron chi connectivity index (χ3n) is 11.0. The third kappa shape index (κ3) is 3.16. The van der Waals surface area contributed by atoms with Crippen molar-refractivity contribution in [3.05, 3.63) is 0 Å². The molecule has 3 nitrogen and oxygen atoms in total. The highest BCUT2D eigenvalue weighted by Crippen LogP contribution is 2.69. The molecule has 0 aromatic heterocycles. The monoisotopic (exact) mass is 406 g/mol. The Morgan fingerprint density at radius 2 is 1.76 bits per heavy atom. The van der Waals surface area contributed by atoms with Gasteiger partial charge in [0, 0.05) is 6.61 Å². The van der Waals surface area contributed by atoms with Crippen LogP contribution in [0.4, 0.5) is 0 Å². The van der Waals surface area contributed by atoms with Crippen LogP contribution in [0.3, 0.4) is 0 Å². The molecule has 0 bridgehead atoms. The second kappa shape index (κ2) is 7.78. The standard InChI is InChI=1S/C26H46O3/c1-6-17-20-13-15(2)9-11-25(20,4)23-21(28)14-26(5)18(16(3)10-12-27)7-8-19(26)22(23)24(17)29/h15-24,27-29H,6-14H2,1-5H3/t15-,16-,17-,18-,19?,20+,21+,22?,23?,24-,25+,26-/m1/s1. The first-order valence-electron chi connectivity index (χ1n) is 12.7. The summed E-state index contributed by atoms with van der Waals surface area (Å²) in [5.74, 6) is 3.73. The van der Waals surface area contributed by atoms with Crippen molar-refractivity contribution < 1.29 is 15.3 Å². The van der Waals surface area contributed by atoms with Gasteiger partial charge < -0.3 is 15.3 Å². The van der Waals surface area contributed by atoms with Crippen LogP contribution in [0.2, 0.25) is 0 Å². The molecule has 4 aliphatic rings. The van der Waals surface area contributed by atoms with Gasteiger partial charge in [-0.15, -0.1) is 0 Å². The molecule has 29 heavy (non-hydrogen) atoms. The Balaban J connectivity index is 1.72. The van der Waals surface area contributed by atoms with Gasteiger partial charge in [-0.3, -0.25) is 0 Å². The van der Waals surface area contributed by atoms with Gasteiger partial charge in [-0.05, 0) is 96.7 Å². The molecule has 4 saturated carbocycles. The van der Waals surface area contributed by atoms with Crippen LogP contribution >= 0.6 is 0 Å². The predicted molar refractivity (Wildman–Crippen MR) is 117 cm³/mol. The normalized spacial score (nSPS) is 55.7. The van der Waals surface area contributed by atoms with Gasteiger partial charge in [0.2, 0.25) is 0 Å². The van der Waals surface area contributed by atoms with E-state index in [2.05, 4.69) is 34.6 Å². The van der Waals surface area contributed by atoms with Crippen LogP contribution in [0.15, 0.2) is 0 Å². The summed E-state index contributed by atoms with van der Waals surface area (Å²) in [6.45, 7) is 12.1. The maximum absolute atomic E-state index is 11.8. The van der Waals surface area contributed by atoms with Crippen molar-refractivity contribution in [2.75, 3.05) is 6.61 Å². The highest BCUT2D eigenvalue weighted by atomic mass is 16.3. The zero-order chi connectivity index (χ0) is 21.1. The molecule has 0 saturated heterocycles. The maximum atomic E-state index is 11.8. The lowest BCUT2D eigenvalue weighted by atomic mass is 9.40. The molecule has 0 aromatic rings. The number of aliphatic hydroxyl groups excluding tert-OH is 3. The number of fused-ring (bicyclic) bond motifs is 5. The summed E-state index contributed by atoms with van der Waals surface area (Å²) in [6.07, 6.45) is 8.34. The zero-order valence-corrected chi connectivity index (χ0v) is 19.5. The van der Waals surface area contributed by atoms with Crippen LogP contribution in [0.5, 0.6) is 0 Å². The Hall–Kier alpha value is -0.120. The molecular formula is C26H46O3. The molecule has 0 spiro atoms. The summed E-state index contributed by atoms with van der Waals surface area (Å²) in [7, 11) is 0. The fourth-order valence-corrected chi connectivity index (χ4v) is 9.67. The molecule has 3 unspecified atom stereocenters. The lowest BCUT2D eigenvalue weighted by Crippen LogP contribution is -2.65. The maximum Gasteiger partial charge on any atom is 0.0605 e. The van der Waals surface area contributed by atoms with Crippen molar-refractivity contribution in [2.24, 2.45) is 58.2 Å². The summed E-state index contributed by atoms with van der Waals surface area (Å²) in [4.78, 5) is 0.